The molecule has 0 aliphatic carbocycles. The topological polar surface area (TPSA) is 77.2 Å². The molecule has 0 bridgehead atoms. The van der Waals surface area contributed by atoms with Gasteiger partial charge in [0.25, 0.3) is 0 Å². The zero-order valence-electron chi connectivity index (χ0n) is 14.8. The number of nitrogens with zero attached hydrogens (tertiary/aromatic N) is 1. The van der Waals surface area contributed by atoms with Crippen molar-refractivity contribution in [3.63, 3.8) is 0 Å². The van der Waals surface area contributed by atoms with Crippen LogP contribution >= 0.6 is 9.24 Å². The molecule has 0 aliphatic heterocycles. The number of nitrogens with two attached hydrogens (primary N) is 1. The van der Waals surface area contributed by atoms with E-state index in [2.05, 4.69) is 25.6 Å². The summed E-state index contributed by atoms with van der Waals surface area (Å²) in [5, 5.41) is 3.96. The van der Waals surface area contributed by atoms with Crippen LogP contribution in [-0.2, 0) is 17.9 Å². The third kappa shape index (κ3) is 5.61. The molecule has 1 heterocycles. The van der Waals surface area contributed by atoms with Crippen molar-refractivity contribution >= 4 is 20.5 Å². The minimum absolute atomic E-state index is 0.258. The zero-order valence-corrected chi connectivity index (χ0v) is 16.0. The van der Waals surface area contributed by atoms with E-state index in [0.29, 0.717) is 18.8 Å². The van der Waals surface area contributed by atoms with Crippen molar-refractivity contribution in [1.29, 1.82) is 0 Å². The molecule has 5 nitrogen and oxygen atoms in total. The Morgan fingerprint density at radius 2 is 1.89 bits per heavy atom. The van der Waals surface area contributed by atoms with E-state index in [1.165, 1.54) is 0 Å². The third-order valence-electron chi connectivity index (χ3n) is 4.04. The molecular weight excluding hydrogens is 357 g/mol. The van der Waals surface area contributed by atoms with E-state index >= 15 is 0 Å². The number of benzene rings is 2. The number of carbonyl (C=O) groups excluding carboxylic acids is 1. The smallest absolute Gasteiger partial charge is 0.243 e. The van der Waals surface area contributed by atoms with E-state index in [1.54, 1.807) is 18.3 Å². The summed E-state index contributed by atoms with van der Waals surface area (Å²) in [6.45, 7) is 0.909. The predicted molar refractivity (Wildman–Crippen MR) is 110 cm³/mol. The highest BCUT2D eigenvalue weighted by atomic mass is 31.0. The lowest BCUT2D eigenvalue weighted by atomic mass is 10.1. The van der Waals surface area contributed by atoms with Crippen LogP contribution in [0.3, 0.4) is 0 Å². The number of ether oxygens (including phenoxy) is 1. The summed E-state index contributed by atoms with van der Waals surface area (Å²) in [6, 6.07) is 20.3. The summed E-state index contributed by atoms with van der Waals surface area (Å²) in [4.78, 5) is 16.3. The van der Waals surface area contributed by atoms with Crippen LogP contribution in [0.2, 0.25) is 0 Å². The van der Waals surface area contributed by atoms with Crippen molar-refractivity contribution in [3.05, 3.63) is 89.7 Å². The van der Waals surface area contributed by atoms with Gasteiger partial charge < -0.3 is 15.8 Å². The lowest BCUT2D eigenvalue weighted by Crippen LogP contribution is -2.34. The van der Waals surface area contributed by atoms with Gasteiger partial charge in [0.1, 0.15) is 18.4 Å². The molecule has 0 aliphatic rings. The van der Waals surface area contributed by atoms with Gasteiger partial charge in [-0.05, 0) is 46.8 Å². The Morgan fingerprint density at radius 1 is 1.07 bits per heavy atom. The molecule has 27 heavy (non-hydrogen) atoms. The number of carbonyl (C=O) groups is 1. The standard InChI is InChI=1S/C21H22N3O2P/c22-20(19-6-1-2-11-23-19)21(25)24-13-15-7-9-17(10-8-15)26-14-16-4-3-5-18(27)12-16/h1-12,20H,13-14,22,27H2,(H,24,25). The highest BCUT2D eigenvalue weighted by Gasteiger charge is 2.16. The maximum absolute atomic E-state index is 12.2. The van der Waals surface area contributed by atoms with Crippen LogP contribution < -0.4 is 21.1 Å². The number of amides is 1. The van der Waals surface area contributed by atoms with Crippen LogP contribution in [0.25, 0.3) is 0 Å². The number of aromatic nitrogens is 1. The predicted octanol–water partition coefficient (Wildman–Crippen LogP) is 2.48. The van der Waals surface area contributed by atoms with Gasteiger partial charge in [-0.15, -0.1) is 9.24 Å². The molecule has 3 N–H and O–H groups in total. The summed E-state index contributed by atoms with van der Waals surface area (Å²) in [5.41, 5.74) is 8.57. The van der Waals surface area contributed by atoms with Crippen LogP contribution in [0, 0.1) is 0 Å². The number of pyridine rings is 1. The maximum atomic E-state index is 12.2. The first-order valence-corrected chi connectivity index (χ1v) is 9.20. The average molecular weight is 379 g/mol. The average Bonchev–Trinajstić information content (AvgIpc) is 2.71. The van der Waals surface area contributed by atoms with Crippen LogP contribution in [0.1, 0.15) is 22.9 Å². The van der Waals surface area contributed by atoms with Gasteiger partial charge in [0.2, 0.25) is 5.91 Å². The van der Waals surface area contributed by atoms with Gasteiger partial charge in [0, 0.05) is 12.7 Å². The molecule has 2 aromatic carbocycles. The first kappa shape index (κ1) is 19.0. The summed E-state index contributed by atoms with van der Waals surface area (Å²) in [7, 11) is 2.68. The zero-order chi connectivity index (χ0) is 19.1. The molecule has 0 saturated heterocycles. The van der Waals surface area contributed by atoms with Crippen molar-refractivity contribution < 1.29 is 9.53 Å². The van der Waals surface area contributed by atoms with Crippen molar-refractivity contribution in [2.75, 3.05) is 0 Å². The molecule has 3 rings (SSSR count). The summed E-state index contributed by atoms with van der Waals surface area (Å²) in [5.74, 6) is 0.524. The van der Waals surface area contributed by atoms with Gasteiger partial charge in [-0.25, -0.2) is 0 Å². The molecule has 2 atom stereocenters. The van der Waals surface area contributed by atoms with Gasteiger partial charge in [0.15, 0.2) is 0 Å². The summed E-state index contributed by atoms with van der Waals surface area (Å²) < 4.78 is 5.80. The number of hydrogen-bond donors (Lipinski definition) is 2. The molecule has 0 spiro atoms. The van der Waals surface area contributed by atoms with Crippen LogP contribution in [-0.4, -0.2) is 10.9 Å². The highest BCUT2D eigenvalue weighted by Crippen LogP contribution is 2.14. The fourth-order valence-corrected chi connectivity index (χ4v) is 2.87. The summed E-state index contributed by atoms with van der Waals surface area (Å²) in [6.07, 6.45) is 1.62. The fraction of sp³-hybridized carbons (Fsp3) is 0.143. The number of hydrogen-bond acceptors (Lipinski definition) is 4. The Bertz CT molecular complexity index is 885. The Kier molecular flexibility index (Phi) is 6.53. The van der Waals surface area contributed by atoms with E-state index in [4.69, 9.17) is 10.5 Å². The summed E-state index contributed by atoms with van der Waals surface area (Å²) >= 11 is 0. The van der Waals surface area contributed by atoms with Crippen LogP contribution in [0.4, 0.5) is 0 Å². The third-order valence-corrected chi connectivity index (χ3v) is 4.39. The van der Waals surface area contributed by atoms with Gasteiger partial charge in [-0.3, -0.25) is 9.78 Å². The van der Waals surface area contributed by atoms with E-state index in [-0.39, 0.29) is 5.91 Å². The van der Waals surface area contributed by atoms with E-state index in [9.17, 15) is 4.79 Å². The Labute approximate surface area is 161 Å². The Morgan fingerprint density at radius 3 is 2.59 bits per heavy atom. The first-order chi connectivity index (χ1) is 13.1. The van der Waals surface area contributed by atoms with Gasteiger partial charge >= 0.3 is 0 Å². The van der Waals surface area contributed by atoms with Crippen LogP contribution in [0.5, 0.6) is 5.75 Å². The molecule has 3 aromatic rings. The SMILES string of the molecule is NC(C(=O)NCc1ccc(OCc2cccc(P)c2)cc1)c1ccccn1. The van der Waals surface area contributed by atoms with Gasteiger partial charge in [-0.2, -0.15) is 0 Å². The van der Waals surface area contributed by atoms with Crippen molar-refractivity contribution in [3.8, 4) is 5.75 Å². The Hall–Kier alpha value is -2.75. The molecule has 0 saturated carbocycles. The molecule has 0 fully saturated rings. The largest absolute Gasteiger partial charge is 0.489 e. The minimum atomic E-state index is -0.777. The number of rotatable bonds is 7. The lowest BCUT2D eigenvalue weighted by Gasteiger charge is -2.12. The van der Waals surface area contributed by atoms with Gasteiger partial charge in [0.05, 0.1) is 5.69 Å². The normalized spacial score (nSPS) is 11.6. The second-order valence-electron chi connectivity index (χ2n) is 6.13. The van der Waals surface area contributed by atoms with Gasteiger partial charge in [-0.1, -0.05) is 36.4 Å². The Balaban J connectivity index is 1.49. The minimum Gasteiger partial charge on any atom is -0.489 e. The number of nitrogens with one attached hydrogen (secondary N) is 1. The molecule has 6 heteroatoms. The molecule has 1 aromatic heterocycles. The second kappa shape index (κ2) is 9.26. The quantitative estimate of drug-likeness (QED) is 0.619. The molecular formula is C21H22N3O2P. The molecule has 0 radical (unpaired) electrons. The monoisotopic (exact) mass is 379 g/mol. The fourth-order valence-electron chi connectivity index (χ4n) is 2.55. The maximum Gasteiger partial charge on any atom is 0.243 e. The molecule has 2 unspecified atom stereocenters. The van der Waals surface area contributed by atoms with Crippen molar-refractivity contribution in [2.24, 2.45) is 5.73 Å². The molecule has 138 valence electrons. The molecule has 1 amide bonds. The first-order valence-electron chi connectivity index (χ1n) is 8.62. The second-order valence-corrected chi connectivity index (χ2v) is 6.79. The highest BCUT2D eigenvalue weighted by molar-refractivity contribution is 7.27. The van der Waals surface area contributed by atoms with Crippen molar-refractivity contribution in [2.45, 2.75) is 19.2 Å². The van der Waals surface area contributed by atoms with Crippen molar-refractivity contribution in [1.82, 2.24) is 10.3 Å². The lowest BCUT2D eigenvalue weighted by molar-refractivity contribution is -0.122. The van der Waals surface area contributed by atoms with E-state index in [0.717, 1.165) is 22.2 Å². The van der Waals surface area contributed by atoms with E-state index in [1.807, 2.05) is 48.5 Å². The van der Waals surface area contributed by atoms with E-state index < -0.39 is 6.04 Å². The van der Waals surface area contributed by atoms with Crippen LogP contribution in [0.15, 0.2) is 72.9 Å².